The van der Waals surface area contributed by atoms with Crippen molar-refractivity contribution in [2.75, 3.05) is 53.4 Å². The molecule has 0 bridgehead atoms. The molecule has 0 atom stereocenters. The third-order valence-electron chi connectivity index (χ3n) is 13.6. The third kappa shape index (κ3) is 14.4. The number of nitriles is 2. The van der Waals surface area contributed by atoms with E-state index in [1.165, 1.54) is 42.9 Å². The highest BCUT2D eigenvalue weighted by Gasteiger charge is 2.50. The molecule has 9 rings (SSSR count). The lowest BCUT2D eigenvalue weighted by molar-refractivity contribution is -0.0509. The zero-order valence-corrected chi connectivity index (χ0v) is 40.6. The van der Waals surface area contributed by atoms with Crippen molar-refractivity contribution in [3.63, 3.8) is 0 Å². The SMILES string of the molecule is C.C.C.C.CC.CC.CC.CN1CCC2(CC=C(C#N)c3ccccc32)CC1.CN1CCC2(CC=C(OS(=O)(=O)C(F)(F)F)c3ccccc32)CC1.N#CC1=CCC2(CCNCC2)c2ccccc21. The van der Waals surface area contributed by atoms with Crippen LogP contribution in [-0.2, 0) is 30.5 Å². The molecule has 3 spiro atoms. The van der Waals surface area contributed by atoms with Crippen molar-refractivity contribution >= 4 is 27.0 Å². The number of hydrogen-bond donors (Lipinski definition) is 1. The Kier molecular flexibility index (Phi) is 26.9. The average molecular weight is 978 g/mol. The molecule has 3 aromatic carbocycles. The first kappa shape index (κ1) is 64.3. The van der Waals surface area contributed by atoms with E-state index in [1.54, 1.807) is 12.1 Å². The number of halogens is 3. The van der Waals surface area contributed by atoms with Gasteiger partial charge >= 0.3 is 15.6 Å². The molecule has 0 amide bonds. The quantitative estimate of drug-likeness (QED) is 0.200. The molecule has 0 unspecified atom stereocenters. The summed E-state index contributed by atoms with van der Waals surface area (Å²) in [6, 6.07) is 28.5. The first-order chi connectivity index (χ1) is 31.3. The molecule has 3 aliphatic heterocycles. The summed E-state index contributed by atoms with van der Waals surface area (Å²) in [4.78, 5) is 4.61. The normalized spacial score (nSPS) is 18.7. The molecule has 8 nitrogen and oxygen atoms in total. The fourth-order valence-electron chi connectivity index (χ4n) is 9.94. The van der Waals surface area contributed by atoms with Crippen LogP contribution in [0.3, 0.4) is 0 Å². The lowest BCUT2D eigenvalue weighted by Gasteiger charge is -2.43. The van der Waals surface area contributed by atoms with Crippen LogP contribution in [0.1, 0.15) is 162 Å². The second-order valence-electron chi connectivity index (χ2n) is 17.0. The minimum Gasteiger partial charge on any atom is -0.376 e. The summed E-state index contributed by atoms with van der Waals surface area (Å²) >= 11 is 0. The largest absolute Gasteiger partial charge is 0.534 e. The standard InChI is InChI=1S/C16H18F3NO3S.C16H18N2.C15H16N2.3C2H6.4CH4/c1-20-10-8-15(9-11-20)7-6-14(12-4-2-3-5-13(12)15)23-24(21,22)16(17,18)19;1-18-10-8-16(9-11-18)7-6-13(12-17)14-4-2-3-5-15(14)16;16-11-12-5-6-15(7-9-17-10-8-15)14-4-2-1-3-13(12)14;3*1-2;;;;/h2-6H,7-11H2,1H3;2-6H,7-11H2,1H3;1-5,17H,6-10H2;3*1-2H3;4*1H4. The Labute approximate surface area is 417 Å². The number of benzene rings is 3. The van der Waals surface area contributed by atoms with Crippen molar-refractivity contribution in [2.24, 2.45) is 0 Å². The summed E-state index contributed by atoms with van der Waals surface area (Å²) in [5.41, 5.74) is 3.07. The fourth-order valence-corrected chi connectivity index (χ4v) is 10.4. The van der Waals surface area contributed by atoms with Crippen LogP contribution in [0.2, 0.25) is 0 Å². The van der Waals surface area contributed by atoms with Crippen molar-refractivity contribution in [3.8, 4) is 12.1 Å². The van der Waals surface area contributed by atoms with E-state index in [2.05, 4.69) is 87.0 Å². The first-order valence-electron chi connectivity index (χ1n) is 23.5. The van der Waals surface area contributed by atoms with E-state index in [0.717, 1.165) is 92.8 Å². The average Bonchev–Trinajstić information content (AvgIpc) is 3.34. The van der Waals surface area contributed by atoms with Gasteiger partial charge in [-0.05, 0) is 145 Å². The van der Waals surface area contributed by atoms with Crippen molar-refractivity contribution in [2.45, 2.75) is 151 Å². The van der Waals surface area contributed by atoms with E-state index in [4.69, 9.17) is 0 Å². The molecule has 12 heteroatoms. The number of rotatable bonds is 2. The Morgan fingerprint density at radius 1 is 0.551 bits per heavy atom. The van der Waals surface area contributed by atoms with E-state index in [-0.39, 0.29) is 51.7 Å². The summed E-state index contributed by atoms with van der Waals surface area (Å²) < 4.78 is 64.9. The molecule has 3 heterocycles. The molecule has 69 heavy (non-hydrogen) atoms. The van der Waals surface area contributed by atoms with Gasteiger partial charge in [0.2, 0.25) is 0 Å². The van der Waals surface area contributed by atoms with Crippen LogP contribution in [0, 0.1) is 22.7 Å². The van der Waals surface area contributed by atoms with Crippen molar-refractivity contribution in [1.82, 2.24) is 15.1 Å². The van der Waals surface area contributed by atoms with E-state index in [9.17, 15) is 32.1 Å². The molecule has 0 radical (unpaired) electrons. The van der Waals surface area contributed by atoms with Crippen LogP contribution in [0.15, 0.2) is 91.0 Å². The molecule has 3 aliphatic carbocycles. The third-order valence-corrected chi connectivity index (χ3v) is 14.6. The molecular formula is C57H86F3N5O3S. The van der Waals surface area contributed by atoms with Gasteiger partial charge in [0.05, 0.1) is 23.3 Å². The molecule has 0 saturated carbocycles. The summed E-state index contributed by atoms with van der Waals surface area (Å²) in [6.45, 7) is 18.3. The number of nitrogens with one attached hydrogen (secondary N) is 1. The van der Waals surface area contributed by atoms with Crippen LogP contribution < -0.4 is 5.32 Å². The van der Waals surface area contributed by atoms with E-state index in [0.29, 0.717) is 12.0 Å². The van der Waals surface area contributed by atoms with Crippen LogP contribution in [0.4, 0.5) is 13.2 Å². The van der Waals surface area contributed by atoms with Gasteiger partial charge < -0.3 is 19.3 Å². The molecule has 384 valence electrons. The van der Waals surface area contributed by atoms with Crippen molar-refractivity contribution < 1.29 is 25.8 Å². The van der Waals surface area contributed by atoms with E-state index < -0.39 is 15.6 Å². The smallest absolute Gasteiger partial charge is 0.376 e. The molecule has 6 aliphatic rings. The number of hydrogen-bond acceptors (Lipinski definition) is 8. The highest BCUT2D eigenvalue weighted by atomic mass is 32.2. The van der Waals surface area contributed by atoms with Gasteiger partial charge in [-0.1, -0.05) is 156 Å². The zero-order chi connectivity index (χ0) is 47.9. The number of piperidine rings is 3. The van der Waals surface area contributed by atoms with Gasteiger partial charge in [-0.15, -0.1) is 0 Å². The summed E-state index contributed by atoms with van der Waals surface area (Å²) in [5, 5.41) is 21.9. The maximum atomic E-state index is 12.6. The minimum absolute atomic E-state index is 0. The molecular weight excluding hydrogens is 892 g/mol. The molecule has 3 saturated heterocycles. The first-order valence-corrected chi connectivity index (χ1v) is 25.0. The van der Waals surface area contributed by atoms with Gasteiger partial charge in [0.25, 0.3) is 0 Å². The van der Waals surface area contributed by atoms with E-state index >= 15 is 0 Å². The van der Waals surface area contributed by atoms with Gasteiger partial charge in [-0.25, -0.2) is 0 Å². The Morgan fingerprint density at radius 2 is 0.870 bits per heavy atom. The Hall–Kier alpha value is -4.72. The van der Waals surface area contributed by atoms with Gasteiger partial charge in [0.1, 0.15) is 5.76 Å². The van der Waals surface area contributed by atoms with Gasteiger partial charge in [0.15, 0.2) is 0 Å². The van der Waals surface area contributed by atoms with Gasteiger partial charge in [-0.3, -0.25) is 0 Å². The van der Waals surface area contributed by atoms with Crippen LogP contribution in [-0.4, -0.2) is 77.1 Å². The predicted octanol–water partition coefficient (Wildman–Crippen LogP) is 14.5. The van der Waals surface area contributed by atoms with Crippen LogP contribution in [0.5, 0.6) is 0 Å². The van der Waals surface area contributed by atoms with E-state index in [1.807, 2.05) is 72.9 Å². The number of likely N-dealkylation sites (tertiary alicyclic amines) is 2. The van der Waals surface area contributed by atoms with Crippen molar-refractivity contribution in [3.05, 3.63) is 124 Å². The highest BCUT2D eigenvalue weighted by molar-refractivity contribution is 7.87. The number of allylic oxidation sites excluding steroid dienone is 5. The number of alkyl halides is 3. The lowest BCUT2D eigenvalue weighted by Crippen LogP contribution is -2.42. The molecule has 1 N–H and O–H groups in total. The zero-order valence-electron chi connectivity index (χ0n) is 39.8. The van der Waals surface area contributed by atoms with Gasteiger partial charge in [0, 0.05) is 21.8 Å². The summed E-state index contributed by atoms with van der Waals surface area (Å²) in [6.07, 6.45) is 14.8. The molecule has 3 fully saturated rings. The summed E-state index contributed by atoms with van der Waals surface area (Å²) in [5.74, 6) is -0.229. The highest BCUT2D eigenvalue weighted by Crippen LogP contribution is 2.48. The maximum absolute atomic E-state index is 12.6. The second kappa shape index (κ2) is 28.8. The Balaban J connectivity index is 0.000000938. The predicted molar refractivity (Wildman–Crippen MR) is 286 cm³/mol. The van der Waals surface area contributed by atoms with Crippen molar-refractivity contribution in [1.29, 1.82) is 10.5 Å². The molecule has 0 aromatic heterocycles. The lowest BCUT2D eigenvalue weighted by atomic mass is 9.65. The fraction of sp³-hybridized carbons (Fsp3) is 0.544. The Morgan fingerprint density at radius 3 is 1.23 bits per heavy atom. The number of nitrogens with zero attached hydrogens (tertiary/aromatic N) is 4. The van der Waals surface area contributed by atoms with Gasteiger partial charge in [-0.2, -0.15) is 32.1 Å². The monoisotopic (exact) mass is 978 g/mol. The number of fused-ring (bicyclic) bond motifs is 6. The second-order valence-corrected chi connectivity index (χ2v) is 18.5. The maximum Gasteiger partial charge on any atom is 0.534 e. The topological polar surface area (TPSA) is 109 Å². The van der Waals surface area contributed by atoms with Crippen LogP contribution >= 0.6 is 0 Å². The Bertz CT molecular complexity index is 2320. The molecule has 3 aromatic rings. The summed E-state index contributed by atoms with van der Waals surface area (Å²) in [7, 11) is -1.45. The van der Waals surface area contributed by atoms with Crippen LogP contribution in [0.25, 0.3) is 16.9 Å². The minimum atomic E-state index is -5.67.